The second kappa shape index (κ2) is 9.90. The van der Waals surface area contributed by atoms with Crippen LogP contribution >= 0.6 is 11.3 Å². The molecular weight excluding hydrogens is 372 g/mol. The monoisotopic (exact) mass is 396 g/mol. The van der Waals surface area contributed by atoms with Crippen LogP contribution < -0.4 is 5.32 Å². The van der Waals surface area contributed by atoms with Crippen molar-refractivity contribution in [3.63, 3.8) is 0 Å². The van der Waals surface area contributed by atoms with Gasteiger partial charge in [0.25, 0.3) is 0 Å². The number of rotatable bonds is 9. The summed E-state index contributed by atoms with van der Waals surface area (Å²) < 4.78 is 5.41. The molecule has 146 valence electrons. The number of thiophene rings is 1. The molecule has 0 radical (unpaired) electrons. The van der Waals surface area contributed by atoms with Gasteiger partial charge in [-0.25, -0.2) is 0 Å². The van der Waals surface area contributed by atoms with Crippen LogP contribution in [0.3, 0.4) is 0 Å². The molecule has 0 atom stereocenters. The van der Waals surface area contributed by atoms with Crippen molar-refractivity contribution in [3.8, 4) is 0 Å². The fraction of sp³-hybridized carbons (Fsp3) is 0.273. The molecule has 0 saturated heterocycles. The minimum Gasteiger partial charge on any atom is -0.467 e. The highest BCUT2D eigenvalue weighted by Gasteiger charge is 2.17. The van der Waals surface area contributed by atoms with Gasteiger partial charge in [-0.1, -0.05) is 30.3 Å². The molecule has 2 heterocycles. The third-order valence-corrected chi connectivity index (χ3v) is 5.28. The van der Waals surface area contributed by atoms with Gasteiger partial charge in [0.2, 0.25) is 11.8 Å². The van der Waals surface area contributed by atoms with Gasteiger partial charge in [0.05, 0.1) is 25.8 Å². The molecule has 1 N–H and O–H groups in total. The maximum absolute atomic E-state index is 12.8. The Morgan fingerprint density at radius 1 is 1.04 bits per heavy atom. The Labute approximate surface area is 169 Å². The molecule has 6 heteroatoms. The van der Waals surface area contributed by atoms with Gasteiger partial charge in [-0.15, -0.1) is 11.3 Å². The number of nitrogens with one attached hydrogen (secondary N) is 1. The Balaban J connectivity index is 1.52. The summed E-state index contributed by atoms with van der Waals surface area (Å²) in [6.45, 7) is 3.33. The molecule has 3 aromatic rings. The van der Waals surface area contributed by atoms with Crippen LogP contribution in [0.25, 0.3) is 0 Å². The van der Waals surface area contributed by atoms with Gasteiger partial charge in [-0.3, -0.25) is 9.59 Å². The van der Waals surface area contributed by atoms with Crippen LogP contribution in [0.2, 0.25) is 0 Å². The molecule has 3 rings (SSSR count). The first-order chi connectivity index (χ1) is 13.6. The highest BCUT2D eigenvalue weighted by atomic mass is 32.1. The Hall–Kier alpha value is -2.86. The second-order valence-corrected chi connectivity index (χ2v) is 7.98. The summed E-state index contributed by atoms with van der Waals surface area (Å²) in [6.07, 6.45) is 2.18. The lowest BCUT2D eigenvalue weighted by Crippen LogP contribution is -2.34. The third-order valence-electron chi connectivity index (χ3n) is 4.29. The third kappa shape index (κ3) is 6.09. The van der Waals surface area contributed by atoms with Crippen LogP contribution in [-0.2, 0) is 29.1 Å². The van der Waals surface area contributed by atoms with Crippen LogP contribution in [0.15, 0.2) is 65.3 Å². The number of nitrogens with zero attached hydrogens (tertiary/aromatic N) is 1. The number of furan rings is 1. The largest absolute Gasteiger partial charge is 0.467 e. The van der Waals surface area contributed by atoms with Crippen LogP contribution in [0.4, 0.5) is 0 Å². The Kier molecular flexibility index (Phi) is 7.03. The molecule has 0 bridgehead atoms. The van der Waals surface area contributed by atoms with E-state index in [4.69, 9.17) is 4.42 Å². The van der Waals surface area contributed by atoms with Gasteiger partial charge in [0, 0.05) is 22.7 Å². The van der Waals surface area contributed by atoms with E-state index in [0.29, 0.717) is 26.1 Å². The van der Waals surface area contributed by atoms with Crippen LogP contribution in [0.5, 0.6) is 0 Å². The summed E-state index contributed by atoms with van der Waals surface area (Å²) in [5.74, 6) is 0.655. The zero-order valence-electron chi connectivity index (χ0n) is 15.9. The Morgan fingerprint density at radius 3 is 2.54 bits per heavy atom. The SMILES string of the molecule is Cc1ccc(CN(Cc2ccco2)C(=O)CCNC(=O)Cc2ccccc2)s1. The summed E-state index contributed by atoms with van der Waals surface area (Å²) in [4.78, 5) is 28.9. The normalized spacial score (nSPS) is 10.6. The average molecular weight is 397 g/mol. The molecule has 0 spiro atoms. The van der Waals surface area contributed by atoms with Gasteiger partial charge in [0.15, 0.2) is 0 Å². The number of benzene rings is 1. The standard InChI is InChI=1S/C22H24N2O3S/c1-17-9-10-20(28-17)16-24(15-19-8-5-13-27-19)22(26)11-12-23-21(25)14-18-6-3-2-4-7-18/h2-10,13H,11-12,14-16H2,1H3,(H,23,25). The molecule has 28 heavy (non-hydrogen) atoms. The zero-order valence-corrected chi connectivity index (χ0v) is 16.7. The van der Waals surface area contributed by atoms with Gasteiger partial charge >= 0.3 is 0 Å². The van der Waals surface area contributed by atoms with Crippen molar-refractivity contribution < 1.29 is 14.0 Å². The number of amides is 2. The van der Waals surface area contributed by atoms with Crippen LogP contribution in [-0.4, -0.2) is 23.3 Å². The maximum Gasteiger partial charge on any atom is 0.225 e. The zero-order chi connectivity index (χ0) is 19.8. The number of carbonyl (C=O) groups excluding carboxylic acids is 2. The lowest BCUT2D eigenvalue weighted by Gasteiger charge is -2.21. The second-order valence-electron chi connectivity index (χ2n) is 6.60. The summed E-state index contributed by atoms with van der Waals surface area (Å²) in [5, 5.41) is 2.84. The predicted octanol–water partition coefficient (Wildman–Crippen LogP) is 3.93. The fourth-order valence-electron chi connectivity index (χ4n) is 2.89. The molecule has 5 nitrogen and oxygen atoms in total. The molecule has 0 aliphatic carbocycles. The number of hydrogen-bond donors (Lipinski definition) is 1. The van der Waals surface area contributed by atoms with E-state index in [2.05, 4.69) is 18.3 Å². The number of carbonyl (C=O) groups is 2. The minimum atomic E-state index is -0.0783. The van der Waals surface area contributed by atoms with Crippen molar-refractivity contribution in [2.75, 3.05) is 6.54 Å². The molecule has 0 aliphatic rings. The van der Waals surface area contributed by atoms with Gasteiger partial charge < -0.3 is 14.6 Å². The van der Waals surface area contributed by atoms with E-state index in [1.165, 1.54) is 4.88 Å². The summed E-state index contributed by atoms with van der Waals surface area (Å²) in [6, 6.07) is 17.3. The molecule has 0 fully saturated rings. The first-order valence-electron chi connectivity index (χ1n) is 9.26. The van der Waals surface area contributed by atoms with E-state index in [-0.39, 0.29) is 18.2 Å². The van der Waals surface area contributed by atoms with Crippen molar-refractivity contribution in [1.29, 1.82) is 0 Å². The van der Waals surface area contributed by atoms with E-state index in [0.717, 1.165) is 16.2 Å². The van der Waals surface area contributed by atoms with Crippen LogP contribution in [0.1, 0.15) is 27.5 Å². The number of aryl methyl sites for hydroxylation is 1. The average Bonchev–Trinajstić information content (AvgIpc) is 3.33. The van der Waals surface area contributed by atoms with Crippen LogP contribution in [0, 0.1) is 6.92 Å². The minimum absolute atomic E-state index is 0.0116. The van der Waals surface area contributed by atoms with Crippen molar-refractivity contribution in [3.05, 3.63) is 81.9 Å². The molecule has 0 unspecified atom stereocenters. The Bertz CT molecular complexity index is 888. The molecule has 0 aliphatic heterocycles. The molecular formula is C22H24N2O3S. The van der Waals surface area contributed by atoms with Crippen molar-refractivity contribution in [1.82, 2.24) is 10.2 Å². The van der Waals surface area contributed by atoms with Crippen molar-refractivity contribution >= 4 is 23.2 Å². The summed E-state index contributed by atoms with van der Waals surface area (Å²) in [5.41, 5.74) is 0.957. The first kappa shape index (κ1) is 19.9. The maximum atomic E-state index is 12.8. The van der Waals surface area contributed by atoms with E-state index in [9.17, 15) is 9.59 Å². The van der Waals surface area contributed by atoms with E-state index in [1.54, 1.807) is 22.5 Å². The molecule has 2 aromatic heterocycles. The first-order valence-corrected chi connectivity index (χ1v) is 10.1. The quantitative estimate of drug-likeness (QED) is 0.596. The molecule has 0 saturated carbocycles. The number of hydrogen-bond acceptors (Lipinski definition) is 4. The van der Waals surface area contributed by atoms with Gasteiger partial charge in [-0.2, -0.15) is 0 Å². The fourth-order valence-corrected chi connectivity index (χ4v) is 3.80. The van der Waals surface area contributed by atoms with Crippen molar-refractivity contribution in [2.24, 2.45) is 0 Å². The lowest BCUT2D eigenvalue weighted by atomic mass is 10.1. The van der Waals surface area contributed by atoms with E-state index in [1.807, 2.05) is 48.5 Å². The molecule has 1 aromatic carbocycles. The highest BCUT2D eigenvalue weighted by molar-refractivity contribution is 7.11. The smallest absolute Gasteiger partial charge is 0.225 e. The lowest BCUT2D eigenvalue weighted by molar-refractivity contribution is -0.132. The van der Waals surface area contributed by atoms with E-state index < -0.39 is 0 Å². The van der Waals surface area contributed by atoms with Crippen molar-refractivity contribution in [2.45, 2.75) is 32.9 Å². The topological polar surface area (TPSA) is 62.6 Å². The summed E-state index contributed by atoms with van der Waals surface area (Å²) in [7, 11) is 0. The predicted molar refractivity (Wildman–Crippen MR) is 110 cm³/mol. The Morgan fingerprint density at radius 2 is 1.86 bits per heavy atom. The highest BCUT2D eigenvalue weighted by Crippen LogP contribution is 2.19. The van der Waals surface area contributed by atoms with Gasteiger partial charge in [-0.05, 0) is 36.8 Å². The summed E-state index contributed by atoms with van der Waals surface area (Å²) >= 11 is 1.68. The van der Waals surface area contributed by atoms with Gasteiger partial charge in [0.1, 0.15) is 5.76 Å². The molecule has 2 amide bonds. The van der Waals surface area contributed by atoms with E-state index >= 15 is 0 Å².